The molecule has 0 saturated heterocycles. The van der Waals surface area contributed by atoms with Crippen LogP contribution in [0.1, 0.15) is 29.2 Å². The van der Waals surface area contributed by atoms with E-state index < -0.39 is 28.9 Å². The number of methoxy groups -OCH3 is 1. The van der Waals surface area contributed by atoms with Gasteiger partial charge in [0.05, 0.1) is 12.8 Å². The number of carbonyl (C=O) groups is 1. The minimum absolute atomic E-state index is 0.0648. The predicted molar refractivity (Wildman–Crippen MR) is 112 cm³/mol. The van der Waals surface area contributed by atoms with E-state index in [1.165, 1.54) is 21.1 Å². The summed E-state index contributed by atoms with van der Waals surface area (Å²) in [6.07, 6.45) is -5.10. The van der Waals surface area contributed by atoms with E-state index in [1.54, 1.807) is 25.1 Å². The van der Waals surface area contributed by atoms with Gasteiger partial charge in [-0.05, 0) is 31.5 Å². The fraction of sp³-hybridized carbons (Fsp3) is 0.286. The number of aryl methyl sites for hydroxylation is 1. The quantitative estimate of drug-likeness (QED) is 0.221. The van der Waals surface area contributed by atoms with Crippen molar-refractivity contribution in [1.29, 1.82) is 0 Å². The highest BCUT2D eigenvalue weighted by atomic mass is 35.5. The number of hydrogen-bond donors (Lipinski definition) is 0. The first-order chi connectivity index (χ1) is 15.5. The lowest BCUT2D eigenvalue weighted by Gasteiger charge is -2.15. The normalized spacial score (nSPS) is 12.4. The summed E-state index contributed by atoms with van der Waals surface area (Å²) >= 11 is 5.66. The Labute approximate surface area is 191 Å². The predicted octanol–water partition coefficient (Wildman–Crippen LogP) is 5.15. The number of oxime groups is 2. The average Bonchev–Trinajstić information content (AvgIpc) is 2.75. The standard InChI is InChI=1S/C21H19ClF4N2O5/c1-11-6-5-7-14(18(28-31-4)20(29)30-3)15(11)10-32-27-12(2)13-8-9-16(23)17(22)19(13)33-21(24,25)26/h5-9H,10H2,1-4H3/b27-12+,28-18+. The molecule has 0 spiro atoms. The number of esters is 1. The van der Waals surface area contributed by atoms with Crippen molar-refractivity contribution in [2.75, 3.05) is 14.2 Å². The van der Waals surface area contributed by atoms with E-state index >= 15 is 0 Å². The molecule has 0 unspecified atom stereocenters. The highest BCUT2D eigenvalue weighted by molar-refractivity contribution is 6.43. The van der Waals surface area contributed by atoms with E-state index in [0.717, 1.165) is 12.1 Å². The molecule has 0 saturated carbocycles. The largest absolute Gasteiger partial charge is 0.573 e. The Morgan fingerprint density at radius 3 is 2.39 bits per heavy atom. The van der Waals surface area contributed by atoms with Gasteiger partial charge in [-0.3, -0.25) is 0 Å². The van der Waals surface area contributed by atoms with Crippen LogP contribution in [0.2, 0.25) is 5.02 Å². The molecule has 0 N–H and O–H groups in total. The average molecular weight is 491 g/mol. The number of carbonyl (C=O) groups excluding carboxylic acids is 1. The summed E-state index contributed by atoms with van der Waals surface area (Å²) in [7, 11) is 2.44. The Balaban J connectivity index is 2.38. The van der Waals surface area contributed by atoms with Crippen LogP contribution in [0.15, 0.2) is 40.6 Å². The SMILES string of the molecule is CO/N=C(/C(=O)OC)c1cccc(C)c1CO/N=C(\C)c1ccc(F)c(Cl)c1OC(F)(F)F. The summed E-state index contributed by atoms with van der Waals surface area (Å²) in [5.74, 6) is -2.78. The Bertz CT molecular complexity index is 1090. The van der Waals surface area contributed by atoms with E-state index in [1.807, 2.05) is 0 Å². The molecule has 12 heteroatoms. The van der Waals surface area contributed by atoms with Gasteiger partial charge in [0, 0.05) is 16.7 Å². The van der Waals surface area contributed by atoms with Crippen molar-refractivity contribution in [1.82, 2.24) is 0 Å². The lowest BCUT2D eigenvalue weighted by molar-refractivity contribution is -0.274. The van der Waals surface area contributed by atoms with Crippen LogP contribution >= 0.6 is 11.6 Å². The number of alkyl halides is 3. The highest BCUT2D eigenvalue weighted by Crippen LogP contribution is 2.36. The van der Waals surface area contributed by atoms with E-state index in [4.69, 9.17) is 26.0 Å². The molecular formula is C21H19ClF4N2O5. The summed E-state index contributed by atoms with van der Waals surface area (Å²) in [4.78, 5) is 22.1. The van der Waals surface area contributed by atoms with Crippen LogP contribution in [0.3, 0.4) is 0 Å². The third-order valence-corrected chi connectivity index (χ3v) is 4.65. The second kappa shape index (κ2) is 11.0. The molecule has 0 aromatic heterocycles. The van der Waals surface area contributed by atoms with E-state index in [2.05, 4.69) is 15.0 Å². The van der Waals surface area contributed by atoms with Gasteiger partial charge in [-0.15, -0.1) is 13.2 Å². The second-order valence-corrected chi connectivity index (χ2v) is 6.83. The molecule has 0 amide bonds. The summed E-state index contributed by atoms with van der Waals surface area (Å²) in [6, 6.07) is 6.92. The monoisotopic (exact) mass is 490 g/mol. The van der Waals surface area contributed by atoms with Crippen LogP contribution in [-0.4, -0.2) is 38.0 Å². The maximum absolute atomic E-state index is 13.7. The maximum Gasteiger partial charge on any atom is 0.573 e. The molecule has 2 aromatic rings. The van der Waals surface area contributed by atoms with Crippen molar-refractivity contribution in [2.24, 2.45) is 10.3 Å². The van der Waals surface area contributed by atoms with Crippen LogP contribution in [0.25, 0.3) is 0 Å². The van der Waals surface area contributed by atoms with Gasteiger partial charge in [0.2, 0.25) is 0 Å². The van der Waals surface area contributed by atoms with Crippen molar-refractivity contribution in [3.8, 4) is 5.75 Å². The molecule has 0 aliphatic heterocycles. The molecule has 0 heterocycles. The minimum atomic E-state index is -5.10. The summed E-state index contributed by atoms with van der Waals surface area (Å²) in [6.45, 7) is 2.89. The van der Waals surface area contributed by atoms with Gasteiger partial charge < -0.3 is 19.1 Å². The summed E-state index contributed by atoms with van der Waals surface area (Å²) < 4.78 is 60.6. The molecule has 2 rings (SSSR count). The van der Waals surface area contributed by atoms with Crippen LogP contribution in [-0.2, 0) is 25.8 Å². The number of rotatable bonds is 8. The molecule has 178 valence electrons. The second-order valence-electron chi connectivity index (χ2n) is 6.45. The fourth-order valence-electron chi connectivity index (χ4n) is 2.78. The van der Waals surface area contributed by atoms with Gasteiger partial charge >= 0.3 is 12.3 Å². The van der Waals surface area contributed by atoms with Crippen molar-refractivity contribution in [3.05, 3.63) is 63.4 Å². The van der Waals surface area contributed by atoms with Gasteiger partial charge in [-0.25, -0.2) is 9.18 Å². The molecule has 0 atom stereocenters. The summed E-state index contributed by atoms with van der Waals surface area (Å²) in [5.41, 5.74) is 1.15. The van der Waals surface area contributed by atoms with Gasteiger partial charge in [-0.2, -0.15) is 0 Å². The zero-order valence-electron chi connectivity index (χ0n) is 17.9. The summed E-state index contributed by atoms with van der Waals surface area (Å²) in [5, 5.41) is 6.66. The van der Waals surface area contributed by atoms with Crippen molar-refractivity contribution in [3.63, 3.8) is 0 Å². The Morgan fingerprint density at radius 1 is 1.09 bits per heavy atom. The van der Waals surface area contributed by atoms with Crippen molar-refractivity contribution in [2.45, 2.75) is 26.8 Å². The van der Waals surface area contributed by atoms with E-state index in [-0.39, 0.29) is 23.6 Å². The van der Waals surface area contributed by atoms with Crippen LogP contribution in [0, 0.1) is 12.7 Å². The lowest BCUT2D eigenvalue weighted by Crippen LogP contribution is -2.20. The number of hydrogen-bond acceptors (Lipinski definition) is 7. The number of ether oxygens (including phenoxy) is 2. The van der Waals surface area contributed by atoms with Gasteiger partial charge in [0.1, 0.15) is 24.6 Å². The molecule has 0 bridgehead atoms. The molecule has 0 radical (unpaired) electrons. The van der Waals surface area contributed by atoms with Crippen LogP contribution in [0.4, 0.5) is 17.6 Å². The Hall–Kier alpha value is -3.34. The van der Waals surface area contributed by atoms with E-state index in [0.29, 0.717) is 16.7 Å². The number of nitrogens with zero attached hydrogens (tertiary/aromatic N) is 2. The molecule has 2 aromatic carbocycles. The molecular weight excluding hydrogens is 472 g/mol. The van der Waals surface area contributed by atoms with Gasteiger partial charge in [0.15, 0.2) is 11.5 Å². The molecule has 7 nitrogen and oxygen atoms in total. The first-order valence-corrected chi connectivity index (χ1v) is 9.57. The Morgan fingerprint density at radius 2 is 1.79 bits per heavy atom. The van der Waals surface area contributed by atoms with Crippen molar-refractivity contribution < 1.29 is 41.5 Å². The first kappa shape index (κ1) is 25.9. The number of benzene rings is 2. The lowest BCUT2D eigenvalue weighted by atomic mass is 9.99. The number of halogens is 5. The first-order valence-electron chi connectivity index (χ1n) is 9.19. The van der Waals surface area contributed by atoms with Crippen LogP contribution < -0.4 is 4.74 Å². The smallest absolute Gasteiger partial charge is 0.464 e. The molecule has 0 aliphatic rings. The van der Waals surface area contributed by atoms with E-state index in [9.17, 15) is 22.4 Å². The van der Waals surface area contributed by atoms with Gasteiger partial charge in [0.25, 0.3) is 0 Å². The fourth-order valence-corrected chi connectivity index (χ4v) is 2.98. The van der Waals surface area contributed by atoms with Gasteiger partial charge in [-0.1, -0.05) is 40.1 Å². The third kappa shape index (κ3) is 6.58. The molecule has 0 aliphatic carbocycles. The molecule has 0 fully saturated rings. The minimum Gasteiger partial charge on any atom is -0.464 e. The highest BCUT2D eigenvalue weighted by Gasteiger charge is 2.34. The zero-order chi connectivity index (χ0) is 24.8. The van der Waals surface area contributed by atoms with Crippen LogP contribution in [0.5, 0.6) is 5.75 Å². The maximum atomic E-state index is 13.7. The zero-order valence-corrected chi connectivity index (χ0v) is 18.7. The topological polar surface area (TPSA) is 78.7 Å². The molecule has 33 heavy (non-hydrogen) atoms. The Kier molecular flexibility index (Phi) is 8.63. The third-order valence-electron chi connectivity index (χ3n) is 4.29. The van der Waals surface area contributed by atoms with Crippen molar-refractivity contribution >= 4 is 29.0 Å².